The molecule has 0 fully saturated rings. The van der Waals surface area contributed by atoms with E-state index in [4.69, 9.17) is 17.3 Å². The van der Waals surface area contributed by atoms with Crippen molar-refractivity contribution in [3.8, 4) is 0 Å². The van der Waals surface area contributed by atoms with E-state index < -0.39 is 0 Å². The van der Waals surface area contributed by atoms with Crippen LogP contribution in [0.5, 0.6) is 0 Å². The molecule has 20 heavy (non-hydrogen) atoms. The zero-order valence-electron chi connectivity index (χ0n) is 11.5. The van der Waals surface area contributed by atoms with Crippen molar-refractivity contribution in [3.05, 3.63) is 44.4 Å². The molecular formula is C14H16ClN3OS. The first kappa shape index (κ1) is 14.8. The fraction of sp³-hybridized carbons (Fsp3) is 0.286. The third-order valence-corrected chi connectivity index (χ3v) is 4.54. The molecule has 0 saturated heterocycles. The number of hydrogen-bond acceptors (Lipinski definition) is 4. The maximum absolute atomic E-state index is 12.2. The average Bonchev–Trinajstić information content (AvgIpc) is 2.71. The molecule has 0 spiro atoms. The number of aryl methyl sites for hydroxylation is 2. The first-order valence-electron chi connectivity index (χ1n) is 6.18. The molecule has 0 radical (unpaired) electrons. The molecule has 106 valence electrons. The molecule has 2 aromatic rings. The fourth-order valence-corrected chi connectivity index (χ4v) is 3.03. The van der Waals surface area contributed by atoms with E-state index in [2.05, 4.69) is 10.3 Å². The molecule has 4 nitrogen and oxygen atoms in total. The maximum Gasteiger partial charge on any atom is 0.251 e. The highest BCUT2D eigenvalue weighted by Gasteiger charge is 2.16. The summed E-state index contributed by atoms with van der Waals surface area (Å²) in [7, 11) is 0. The van der Waals surface area contributed by atoms with Crippen LogP contribution >= 0.6 is 22.9 Å². The van der Waals surface area contributed by atoms with Crippen LogP contribution in [0.2, 0.25) is 5.02 Å². The number of carbonyl (C=O) groups is 1. The normalized spacial score (nSPS) is 12.2. The monoisotopic (exact) mass is 309 g/mol. The van der Waals surface area contributed by atoms with Gasteiger partial charge < -0.3 is 11.1 Å². The van der Waals surface area contributed by atoms with Crippen LogP contribution in [0.3, 0.4) is 0 Å². The number of halogens is 1. The molecule has 0 aliphatic carbocycles. The first-order chi connectivity index (χ1) is 9.38. The van der Waals surface area contributed by atoms with Crippen LogP contribution in [0, 0.1) is 13.8 Å². The van der Waals surface area contributed by atoms with E-state index in [0.29, 0.717) is 16.3 Å². The van der Waals surface area contributed by atoms with Crippen molar-refractivity contribution >= 4 is 34.5 Å². The van der Waals surface area contributed by atoms with E-state index in [1.54, 1.807) is 29.5 Å². The number of rotatable bonds is 3. The summed E-state index contributed by atoms with van der Waals surface area (Å²) >= 11 is 7.44. The summed E-state index contributed by atoms with van der Waals surface area (Å²) in [6.45, 7) is 5.84. The molecular weight excluding hydrogens is 294 g/mol. The number of carbonyl (C=O) groups excluding carboxylic acids is 1. The van der Waals surface area contributed by atoms with Gasteiger partial charge in [-0.3, -0.25) is 4.79 Å². The SMILES string of the molecule is Cc1nc(C)c(C(C)NC(=O)c2ccc(Cl)c(N)c2)s1. The average molecular weight is 310 g/mol. The van der Waals surface area contributed by atoms with Gasteiger partial charge in [0.25, 0.3) is 5.91 Å². The molecule has 0 aliphatic heterocycles. The Kier molecular flexibility index (Phi) is 4.30. The molecule has 1 atom stereocenters. The predicted molar refractivity (Wildman–Crippen MR) is 83.3 cm³/mol. The maximum atomic E-state index is 12.2. The highest BCUT2D eigenvalue weighted by atomic mass is 35.5. The van der Waals surface area contributed by atoms with Gasteiger partial charge in [-0.25, -0.2) is 4.98 Å². The summed E-state index contributed by atoms with van der Waals surface area (Å²) < 4.78 is 0. The lowest BCUT2D eigenvalue weighted by Gasteiger charge is -2.13. The van der Waals surface area contributed by atoms with Crippen molar-refractivity contribution in [3.63, 3.8) is 0 Å². The Bertz CT molecular complexity index is 654. The highest BCUT2D eigenvalue weighted by Crippen LogP contribution is 2.25. The largest absolute Gasteiger partial charge is 0.398 e. The second kappa shape index (κ2) is 5.81. The molecule has 1 amide bonds. The minimum Gasteiger partial charge on any atom is -0.398 e. The molecule has 2 rings (SSSR count). The summed E-state index contributed by atoms with van der Waals surface area (Å²) in [5, 5.41) is 4.39. The third-order valence-electron chi connectivity index (χ3n) is 2.94. The van der Waals surface area contributed by atoms with Crippen molar-refractivity contribution in [2.75, 3.05) is 5.73 Å². The van der Waals surface area contributed by atoms with E-state index in [1.807, 2.05) is 20.8 Å². The Labute approximate surface area is 127 Å². The topological polar surface area (TPSA) is 68.0 Å². The van der Waals surface area contributed by atoms with Gasteiger partial charge in [-0.05, 0) is 39.0 Å². The van der Waals surface area contributed by atoms with E-state index in [-0.39, 0.29) is 11.9 Å². The number of thiazole rings is 1. The molecule has 6 heteroatoms. The number of nitrogens with one attached hydrogen (secondary N) is 1. The summed E-state index contributed by atoms with van der Waals surface area (Å²) in [5.41, 5.74) is 7.56. The third kappa shape index (κ3) is 3.11. The Morgan fingerprint density at radius 2 is 2.15 bits per heavy atom. The smallest absolute Gasteiger partial charge is 0.251 e. The first-order valence-corrected chi connectivity index (χ1v) is 7.37. The molecule has 1 unspecified atom stereocenters. The minimum absolute atomic E-state index is 0.0920. The Hall–Kier alpha value is -1.59. The molecule has 0 bridgehead atoms. The summed E-state index contributed by atoms with van der Waals surface area (Å²) in [4.78, 5) is 17.6. The van der Waals surface area contributed by atoms with Crippen LogP contribution in [0.4, 0.5) is 5.69 Å². The second-order valence-electron chi connectivity index (χ2n) is 4.61. The summed E-state index contributed by atoms with van der Waals surface area (Å²) in [5.74, 6) is -0.175. The molecule has 1 heterocycles. The zero-order chi connectivity index (χ0) is 14.9. The van der Waals surface area contributed by atoms with Crippen LogP contribution < -0.4 is 11.1 Å². The predicted octanol–water partition coefficient (Wildman–Crippen LogP) is 3.49. The number of nitrogen functional groups attached to an aromatic ring is 1. The van der Waals surface area contributed by atoms with E-state index in [0.717, 1.165) is 15.6 Å². The number of nitrogens with two attached hydrogens (primary N) is 1. The van der Waals surface area contributed by atoms with Gasteiger partial charge in [-0.2, -0.15) is 0 Å². The van der Waals surface area contributed by atoms with Gasteiger partial charge >= 0.3 is 0 Å². The second-order valence-corrected chi connectivity index (χ2v) is 6.26. The van der Waals surface area contributed by atoms with Gasteiger partial charge in [0.2, 0.25) is 0 Å². The lowest BCUT2D eigenvalue weighted by molar-refractivity contribution is 0.0940. The lowest BCUT2D eigenvalue weighted by Crippen LogP contribution is -2.26. The number of hydrogen-bond donors (Lipinski definition) is 2. The van der Waals surface area contributed by atoms with E-state index in [1.165, 1.54) is 0 Å². The molecule has 1 aromatic carbocycles. The number of amides is 1. The summed E-state index contributed by atoms with van der Waals surface area (Å²) in [6, 6.07) is 4.77. The summed E-state index contributed by atoms with van der Waals surface area (Å²) in [6.07, 6.45) is 0. The van der Waals surface area contributed by atoms with Gasteiger partial charge in [0, 0.05) is 10.4 Å². The van der Waals surface area contributed by atoms with Crippen LogP contribution in [0.25, 0.3) is 0 Å². The Morgan fingerprint density at radius 3 is 2.70 bits per heavy atom. The number of benzene rings is 1. The van der Waals surface area contributed by atoms with Crippen molar-refractivity contribution in [1.82, 2.24) is 10.3 Å². The highest BCUT2D eigenvalue weighted by molar-refractivity contribution is 7.11. The van der Waals surface area contributed by atoms with Crippen molar-refractivity contribution in [2.24, 2.45) is 0 Å². The molecule has 0 saturated carbocycles. The minimum atomic E-state index is -0.175. The van der Waals surface area contributed by atoms with Gasteiger partial charge in [0.05, 0.1) is 27.5 Å². The van der Waals surface area contributed by atoms with Crippen molar-refractivity contribution in [1.29, 1.82) is 0 Å². The van der Waals surface area contributed by atoms with Crippen LogP contribution in [0.1, 0.15) is 38.9 Å². The Balaban J connectivity index is 2.15. The van der Waals surface area contributed by atoms with Crippen LogP contribution in [-0.4, -0.2) is 10.9 Å². The van der Waals surface area contributed by atoms with Gasteiger partial charge in [-0.1, -0.05) is 11.6 Å². The standard InChI is InChI=1S/C14H16ClN3OS/c1-7-13(20-9(3)17-7)8(2)18-14(19)10-4-5-11(15)12(16)6-10/h4-6,8H,16H2,1-3H3,(H,18,19). The van der Waals surface area contributed by atoms with Gasteiger partial charge in [0.15, 0.2) is 0 Å². The van der Waals surface area contributed by atoms with Crippen molar-refractivity contribution in [2.45, 2.75) is 26.8 Å². The fourth-order valence-electron chi connectivity index (χ4n) is 1.98. The number of aromatic nitrogens is 1. The molecule has 1 aromatic heterocycles. The van der Waals surface area contributed by atoms with Gasteiger partial charge in [-0.15, -0.1) is 11.3 Å². The van der Waals surface area contributed by atoms with Gasteiger partial charge in [0.1, 0.15) is 0 Å². The molecule has 0 aliphatic rings. The lowest BCUT2D eigenvalue weighted by atomic mass is 10.1. The molecule has 3 N–H and O–H groups in total. The van der Waals surface area contributed by atoms with Crippen LogP contribution in [0.15, 0.2) is 18.2 Å². The number of nitrogens with zero attached hydrogens (tertiary/aromatic N) is 1. The number of anilines is 1. The Morgan fingerprint density at radius 1 is 1.45 bits per heavy atom. The van der Waals surface area contributed by atoms with Crippen molar-refractivity contribution < 1.29 is 4.79 Å². The van der Waals surface area contributed by atoms with Crippen LogP contribution in [-0.2, 0) is 0 Å². The van der Waals surface area contributed by atoms with E-state index in [9.17, 15) is 4.79 Å². The van der Waals surface area contributed by atoms with E-state index >= 15 is 0 Å². The quantitative estimate of drug-likeness (QED) is 0.853. The zero-order valence-corrected chi connectivity index (χ0v) is 13.1.